The molecule has 1 fully saturated rings. The lowest BCUT2D eigenvalue weighted by molar-refractivity contribution is 0.0987. The summed E-state index contributed by atoms with van der Waals surface area (Å²) in [6, 6.07) is 7.69. The van der Waals surface area contributed by atoms with Crippen molar-refractivity contribution in [2.75, 3.05) is 12.3 Å². The van der Waals surface area contributed by atoms with Gasteiger partial charge in [0, 0.05) is 17.3 Å². The predicted molar refractivity (Wildman–Crippen MR) is 65.4 cm³/mol. The van der Waals surface area contributed by atoms with E-state index in [0.29, 0.717) is 23.8 Å². The molecule has 16 heavy (non-hydrogen) atoms. The molecule has 0 spiro atoms. The number of ketones is 1. The summed E-state index contributed by atoms with van der Waals surface area (Å²) in [4.78, 5) is 11.8. The fourth-order valence-corrected chi connectivity index (χ4v) is 2.18. The lowest BCUT2D eigenvalue weighted by Gasteiger charge is -2.10. The zero-order valence-corrected chi connectivity index (χ0v) is 9.41. The van der Waals surface area contributed by atoms with Gasteiger partial charge in [0.2, 0.25) is 0 Å². The second kappa shape index (κ2) is 5.12. The molecule has 1 aromatic rings. The van der Waals surface area contributed by atoms with E-state index in [9.17, 15) is 4.79 Å². The van der Waals surface area contributed by atoms with E-state index in [1.807, 2.05) is 12.1 Å². The van der Waals surface area contributed by atoms with Crippen LogP contribution < -0.4 is 11.1 Å². The number of hydrogen-bond donors (Lipinski definition) is 2. The topological polar surface area (TPSA) is 55.1 Å². The molecular formula is C13H18N2O. The molecule has 0 amide bonds. The number of rotatable bonds is 4. The van der Waals surface area contributed by atoms with Crippen molar-refractivity contribution in [3.05, 3.63) is 29.8 Å². The van der Waals surface area contributed by atoms with Gasteiger partial charge in [0.05, 0.1) is 6.54 Å². The second-order valence-electron chi connectivity index (χ2n) is 4.41. The van der Waals surface area contributed by atoms with Crippen molar-refractivity contribution in [1.29, 1.82) is 0 Å². The van der Waals surface area contributed by atoms with Gasteiger partial charge in [-0.1, -0.05) is 25.0 Å². The Hall–Kier alpha value is -1.35. The summed E-state index contributed by atoms with van der Waals surface area (Å²) in [6.07, 6.45) is 4.96. The molecule has 0 aliphatic heterocycles. The third kappa shape index (κ3) is 2.83. The third-order valence-electron chi connectivity index (χ3n) is 3.12. The lowest BCUT2D eigenvalue weighted by atomic mass is 10.1. The highest BCUT2D eigenvalue weighted by Crippen LogP contribution is 2.17. The molecule has 0 unspecified atom stereocenters. The Morgan fingerprint density at radius 2 is 2.12 bits per heavy atom. The summed E-state index contributed by atoms with van der Waals surface area (Å²) in [5.41, 5.74) is 6.99. The Balaban J connectivity index is 1.87. The highest BCUT2D eigenvalue weighted by Gasteiger charge is 2.15. The number of nitrogens with two attached hydrogens (primary N) is 1. The number of hydrogen-bond acceptors (Lipinski definition) is 3. The molecule has 2 rings (SSSR count). The quantitative estimate of drug-likeness (QED) is 0.600. The number of carbonyl (C=O) groups is 1. The smallest absolute Gasteiger partial charge is 0.176 e. The molecule has 3 heteroatoms. The van der Waals surface area contributed by atoms with Crippen LogP contribution in [0.15, 0.2) is 24.3 Å². The average Bonchev–Trinajstić information content (AvgIpc) is 2.78. The summed E-state index contributed by atoms with van der Waals surface area (Å²) in [5, 5.41) is 3.31. The molecule has 0 heterocycles. The van der Waals surface area contributed by atoms with Crippen LogP contribution in [0.1, 0.15) is 36.0 Å². The predicted octanol–water partition coefficient (Wildman–Crippen LogP) is 1.98. The lowest BCUT2D eigenvalue weighted by Crippen LogP contribution is -2.31. The maximum atomic E-state index is 11.8. The van der Waals surface area contributed by atoms with Crippen LogP contribution >= 0.6 is 0 Å². The molecule has 0 saturated heterocycles. The minimum absolute atomic E-state index is 0.124. The zero-order valence-electron chi connectivity index (χ0n) is 9.41. The molecule has 3 nitrogen and oxygen atoms in total. The van der Waals surface area contributed by atoms with E-state index < -0.39 is 0 Å². The molecule has 0 atom stereocenters. The fourth-order valence-electron chi connectivity index (χ4n) is 2.18. The molecular weight excluding hydrogens is 200 g/mol. The minimum atomic E-state index is 0.124. The number of nitrogen functional groups attached to an aromatic ring is 1. The van der Waals surface area contributed by atoms with Crippen LogP contribution in [0.4, 0.5) is 5.69 Å². The summed E-state index contributed by atoms with van der Waals surface area (Å²) in [7, 11) is 0. The van der Waals surface area contributed by atoms with Crippen molar-refractivity contribution in [3.63, 3.8) is 0 Å². The van der Waals surface area contributed by atoms with E-state index in [0.717, 1.165) is 0 Å². The van der Waals surface area contributed by atoms with E-state index in [4.69, 9.17) is 5.73 Å². The van der Waals surface area contributed by atoms with Crippen molar-refractivity contribution in [1.82, 2.24) is 5.32 Å². The average molecular weight is 218 g/mol. The van der Waals surface area contributed by atoms with Gasteiger partial charge in [-0.25, -0.2) is 0 Å². The Kier molecular flexibility index (Phi) is 3.57. The first-order valence-electron chi connectivity index (χ1n) is 5.88. The first kappa shape index (κ1) is 11.1. The van der Waals surface area contributed by atoms with Gasteiger partial charge < -0.3 is 11.1 Å². The molecule has 86 valence electrons. The van der Waals surface area contributed by atoms with Gasteiger partial charge in [-0.15, -0.1) is 0 Å². The molecule has 0 bridgehead atoms. The maximum Gasteiger partial charge on any atom is 0.176 e. The number of nitrogens with one attached hydrogen (secondary N) is 1. The SMILES string of the molecule is Nc1cccc(C(=O)CNC2CCCC2)c1. The van der Waals surface area contributed by atoms with Crippen LogP contribution in [0.25, 0.3) is 0 Å². The van der Waals surface area contributed by atoms with Crippen molar-refractivity contribution < 1.29 is 4.79 Å². The zero-order chi connectivity index (χ0) is 11.4. The van der Waals surface area contributed by atoms with E-state index in [2.05, 4.69) is 5.32 Å². The molecule has 1 aromatic carbocycles. The van der Waals surface area contributed by atoms with Gasteiger partial charge in [-0.2, -0.15) is 0 Å². The van der Waals surface area contributed by atoms with Gasteiger partial charge in [0.15, 0.2) is 5.78 Å². The van der Waals surface area contributed by atoms with Crippen LogP contribution in [0, 0.1) is 0 Å². The summed E-state index contributed by atoms with van der Waals surface area (Å²) < 4.78 is 0. The number of benzene rings is 1. The summed E-state index contributed by atoms with van der Waals surface area (Å²) in [6.45, 7) is 0.425. The highest BCUT2D eigenvalue weighted by atomic mass is 16.1. The minimum Gasteiger partial charge on any atom is -0.399 e. The Labute approximate surface area is 96.0 Å². The summed E-state index contributed by atoms with van der Waals surface area (Å²) >= 11 is 0. The van der Waals surface area contributed by atoms with Gasteiger partial charge in [-0.3, -0.25) is 4.79 Å². The monoisotopic (exact) mass is 218 g/mol. The van der Waals surface area contributed by atoms with Gasteiger partial charge in [0.25, 0.3) is 0 Å². The van der Waals surface area contributed by atoms with E-state index in [1.54, 1.807) is 12.1 Å². The van der Waals surface area contributed by atoms with Gasteiger partial charge in [-0.05, 0) is 25.0 Å². The van der Waals surface area contributed by atoms with E-state index >= 15 is 0 Å². The number of anilines is 1. The maximum absolute atomic E-state index is 11.8. The van der Waals surface area contributed by atoms with Crippen LogP contribution in [-0.2, 0) is 0 Å². The Morgan fingerprint density at radius 3 is 2.81 bits per heavy atom. The van der Waals surface area contributed by atoms with Crippen molar-refractivity contribution in [3.8, 4) is 0 Å². The van der Waals surface area contributed by atoms with Crippen LogP contribution in [-0.4, -0.2) is 18.4 Å². The number of Topliss-reactive ketones (excluding diaryl/α,β-unsaturated/α-hetero) is 1. The summed E-state index contributed by atoms with van der Waals surface area (Å²) in [5.74, 6) is 0.124. The number of carbonyl (C=O) groups excluding carboxylic acids is 1. The Morgan fingerprint density at radius 1 is 1.38 bits per heavy atom. The highest BCUT2D eigenvalue weighted by molar-refractivity contribution is 5.98. The molecule has 0 aromatic heterocycles. The van der Waals surface area contributed by atoms with E-state index in [1.165, 1.54) is 25.7 Å². The first-order valence-corrected chi connectivity index (χ1v) is 5.88. The largest absolute Gasteiger partial charge is 0.399 e. The Bertz CT molecular complexity index is 370. The van der Waals surface area contributed by atoms with Crippen molar-refractivity contribution in [2.24, 2.45) is 0 Å². The van der Waals surface area contributed by atoms with Crippen LogP contribution in [0.3, 0.4) is 0 Å². The standard InChI is InChI=1S/C13H18N2O/c14-11-5-3-4-10(8-11)13(16)9-15-12-6-1-2-7-12/h3-5,8,12,15H,1-2,6-7,9,14H2. The van der Waals surface area contributed by atoms with Crippen molar-refractivity contribution in [2.45, 2.75) is 31.7 Å². The molecule has 1 aliphatic rings. The van der Waals surface area contributed by atoms with Gasteiger partial charge in [0.1, 0.15) is 0 Å². The molecule has 1 aliphatic carbocycles. The molecule has 1 saturated carbocycles. The van der Waals surface area contributed by atoms with Gasteiger partial charge >= 0.3 is 0 Å². The first-order chi connectivity index (χ1) is 7.75. The van der Waals surface area contributed by atoms with E-state index in [-0.39, 0.29) is 5.78 Å². The normalized spacial score (nSPS) is 16.5. The van der Waals surface area contributed by atoms with Crippen molar-refractivity contribution >= 4 is 11.5 Å². The fraction of sp³-hybridized carbons (Fsp3) is 0.462. The van der Waals surface area contributed by atoms with Crippen LogP contribution in [0.5, 0.6) is 0 Å². The molecule has 0 radical (unpaired) electrons. The third-order valence-corrected chi connectivity index (χ3v) is 3.12. The second-order valence-corrected chi connectivity index (χ2v) is 4.41. The van der Waals surface area contributed by atoms with Crippen LogP contribution in [0.2, 0.25) is 0 Å². The molecule has 3 N–H and O–H groups in total.